The summed E-state index contributed by atoms with van der Waals surface area (Å²) < 4.78 is 42.5. The second-order valence-electron chi connectivity index (χ2n) is 5.71. The van der Waals surface area contributed by atoms with Gasteiger partial charge >= 0.3 is 12.2 Å². The minimum absolute atomic E-state index is 0.180. The SMILES string of the molecule is O=C(NCc1ccc(-n2cccn2)cc1)Nc1ccc(OCC(F)(F)F)nc1. The average molecular weight is 391 g/mol. The fraction of sp³-hybridized carbons (Fsp3) is 0.167. The number of carbonyl (C=O) groups is 1. The monoisotopic (exact) mass is 391 g/mol. The molecule has 28 heavy (non-hydrogen) atoms. The highest BCUT2D eigenvalue weighted by Crippen LogP contribution is 2.18. The van der Waals surface area contributed by atoms with Crippen LogP contribution in [0.3, 0.4) is 0 Å². The molecule has 0 bridgehead atoms. The molecule has 0 unspecified atom stereocenters. The van der Waals surface area contributed by atoms with Crippen molar-refractivity contribution in [1.82, 2.24) is 20.1 Å². The van der Waals surface area contributed by atoms with E-state index in [9.17, 15) is 18.0 Å². The lowest BCUT2D eigenvalue weighted by molar-refractivity contribution is -0.154. The van der Waals surface area contributed by atoms with Gasteiger partial charge in [-0.2, -0.15) is 18.3 Å². The van der Waals surface area contributed by atoms with E-state index in [1.54, 1.807) is 10.9 Å². The Morgan fingerprint density at radius 1 is 1.14 bits per heavy atom. The molecule has 0 aliphatic carbocycles. The molecule has 0 fully saturated rings. The van der Waals surface area contributed by atoms with E-state index in [4.69, 9.17) is 0 Å². The van der Waals surface area contributed by atoms with Crippen LogP contribution in [0, 0.1) is 0 Å². The predicted molar refractivity (Wildman–Crippen MR) is 95.2 cm³/mol. The number of nitrogens with zero attached hydrogens (tertiary/aromatic N) is 3. The minimum Gasteiger partial charge on any atom is -0.468 e. The van der Waals surface area contributed by atoms with Gasteiger partial charge in [0.2, 0.25) is 5.88 Å². The Hall–Kier alpha value is -3.56. The van der Waals surface area contributed by atoms with Crippen molar-refractivity contribution in [3.05, 3.63) is 66.6 Å². The maximum Gasteiger partial charge on any atom is 0.422 e. The summed E-state index contributed by atoms with van der Waals surface area (Å²) in [6.45, 7) is -1.13. The van der Waals surface area contributed by atoms with Gasteiger partial charge in [0.25, 0.3) is 0 Å². The van der Waals surface area contributed by atoms with Crippen LogP contribution in [0.1, 0.15) is 5.56 Å². The number of halogens is 3. The number of pyridine rings is 1. The van der Waals surface area contributed by atoms with E-state index in [1.807, 2.05) is 36.5 Å². The van der Waals surface area contributed by atoms with Crippen molar-refractivity contribution in [3.63, 3.8) is 0 Å². The number of ether oxygens (including phenoxy) is 1. The maximum atomic E-state index is 12.1. The van der Waals surface area contributed by atoms with E-state index in [2.05, 4.69) is 25.5 Å². The topological polar surface area (TPSA) is 81.1 Å². The second-order valence-corrected chi connectivity index (χ2v) is 5.71. The average Bonchev–Trinajstić information content (AvgIpc) is 3.20. The molecule has 0 radical (unpaired) electrons. The van der Waals surface area contributed by atoms with Crippen molar-refractivity contribution in [2.24, 2.45) is 0 Å². The number of aromatic nitrogens is 3. The van der Waals surface area contributed by atoms with Crippen molar-refractivity contribution >= 4 is 11.7 Å². The first-order valence-electron chi connectivity index (χ1n) is 8.18. The second kappa shape index (κ2) is 8.42. The van der Waals surface area contributed by atoms with E-state index >= 15 is 0 Å². The Morgan fingerprint density at radius 2 is 1.93 bits per heavy atom. The van der Waals surface area contributed by atoms with Crippen LogP contribution in [-0.4, -0.2) is 33.6 Å². The molecular formula is C18H16F3N5O2. The third-order valence-electron chi connectivity index (χ3n) is 3.54. The van der Waals surface area contributed by atoms with E-state index in [-0.39, 0.29) is 5.88 Å². The minimum atomic E-state index is -4.44. The number of anilines is 1. The maximum absolute atomic E-state index is 12.1. The first-order chi connectivity index (χ1) is 13.4. The van der Waals surface area contributed by atoms with Gasteiger partial charge in [-0.1, -0.05) is 12.1 Å². The van der Waals surface area contributed by atoms with Crippen molar-refractivity contribution in [2.45, 2.75) is 12.7 Å². The molecule has 7 nitrogen and oxygen atoms in total. The van der Waals surface area contributed by atoms with Crippen LogP contribution < -0.4 is 15.4 Å². The molecule has 10 heteroatoms. The van der Waals surface area contributed by atoms with E-state index in [0.717, 1.165) is 11.3 Å². The van der Waals surface area contributed by atoms with Gasteiger partial charge in [-0.05, 0) is 29.8 Å². The summed E-state index contributed by atoms with van der Waals surface area (Å²) >= 11 is 0. The van der Waals surface area contributed by atoms with E-state index in [1.165, 1.54) is 18.3 Å². The quantitative estimate of drug-likeness (QED) is 0.674. The van der Waals surface area contributed by atoms with E-state index < -0.39 is 18.8 Å². The van der Waals surface area contributed by atoms with Crippen LogP contribution in [0.25, 0.3) is 5.69 Å². The first kappa shape index (κ1) is 19.2. The van der Waals surface area contributed by atoms with Gasteiger partial charge in [0.15, 0.2) is 6.61 Å². The molecule has 3 rings (SSSR count). The zero-order chi connectivity index (χ0) is 20.0. The number of hydrogen-bond acceptors (Lipinski definition) is 4. The third kappa shape index (κ3) is 5.73. The molecule has 2 heterocycles. The Labute approximate surface area is 158 Å². The van der Waals surface area contributed by atoms with Crippen molar-refractivity contribution < 1.29 is 22.7 Å². The standard InChI is InChI=1S/C18H16F3N5O2/c19-18(20,21)12-28-16-7-4-14(11-22-16)25-17(27)23-10-13-2-5-15(6-3-13)26-9-1-8-24-26/h1-9,11H,10,12H2,(H2,23,25,27). The van der Waals surface area contributed by atoms with Crippen LogP contribution in [-0.2, 0) is 6.54 Å². The van der Waals surface area contributed by atoms with Crippen LogP contribution in [0.2, 0.25) is 0 Å². The summed E-state index contributed by atoms with van der Waals surface area (Å²) in [4.78, 5) is 15.7. The number of urea groups is 1. The Morgan fingerprint density at radius 3 is 2.54 bits per heavy atom. The smallest absolute Gasteiger partial charge is 0.422 e. The molecule has 0 aliphatic rings. The molecule has 3 aromatic rings. The molecule has 0 saturated heterocycles. The molecule has 2 aromatic heterocycles. The molecule has 0 saturated carbocycles. The summed E-state index contributed by atoms with van der Waals surface area (Å²) in [5, 5.41) is 9.36. The highest BCUT2D eigenvalue weighted by atomic mass is 19.4. The summed E-state index contributed by atoms with van der Waals surface area (Å²) in [7, 11) is 0. The lowest BCUT2D eigenvalue weighted by Crippen LogP contribution is -2.28. The molecule has 2 amide bonds. The van der Waals surface area contributed by atoms with Gasteiger partial charge in [-0.3, -0.25) is 0 Å². The highest BCUT2D eigenvalue weighted by Gasteiger charge is 2.28. The largest absolute Gasteiger partial charge is 0.468 e. The fourth-order valence-electron chi connectivity index (χ4n) is 2.24. The molecule has 1 aromatic carbocycles. The van der Waals surface area contributed by atoms with Gasteiger partial charge in [-0.15, -0.1) is 0 Å². The van der Waals surface area contributed by atoms with Gasteiger partial charge in [-0.25, -0.2) is 14.5 Å². The number of alkyl halides is 3. The van der Waals surface area contributed by atoms with Gasteiger partial charge in [0, 0.05) is 25.0 Å². The highest BCUT2D eigenvalue weighted by molar-refractivity contribution is 5.88. The molecule has 0 aliphatic heterocycles. The summed E-state index contributed by atoms with van der Waals surface area (Å²) in [6.07, 6.45) is 0.289. The molecule has 146 valence electrons. The molecular weight excluding hydrogens is 375 g/mol. The fourth-order valence-corrected chi connectivity index (χ4v) is 2.24. The summed E-state index contributed by atoms with van der Waals surface area (Å²) in [6, 6.07) is 11.5. The van der Waals surface area contributed by atoms with Crippen LogP contribution in [0.5, 0.6) is 5.88 Å². The number of hydrogen-bond donors (Lipinski definition) is 2. The molecule has 0 spiro atoms. The number of carbonyl (C=O) groups excluding carboxylic acids is 1. The van der Waals surface area contributed by atoms with Crippen molar-refractivity contribution in [3.8, 4) is 11.6 Å². The van der Waals surface area contributed by atoms with Gasteiger partial charge < -0.3 is 15.4 Å². The lowest BCUT2D eigenvalue weighted by atomic mass is 10.2. The van der Waals surface area contributed by atoms with Crippen molar-refractivity contribution in [1.29, 1.82) is 0 Å². The number of nitrogens with one attached hydrogen (secondary N) is 2. The van der Waals surface area contributed by atoms with Crippen LogP contribution >= 0.6 is 0 Å². The number of rotatable bonds is 6. The lowest BCUT2D eigenvalue weighted by Gasteiger charge is -2.10. The van der Waals surface area contributed by atoms with Crippen LogP contribution in [0.4, 0.5) is 23.7 Å². The normalized spacial score (nSPS) is 11.1. The third-order valence-corrected chi connectivity index (χ3v) is 3.54. The molecule has 2 N–H and O–H groups in total. The van der Waals surface area contributed by atoms with E-state index in [0.29, 0.717) is 12.2 Å². The Bertz CT molecular complexity index is 894. The Kier molecular flexibility index (Phi) is 5.78. The molecule has 0 atom stereocenters. The van der Waals surface area contributed by atoms with Gasteiger partial charge in [0.05, 0.1) is 17.6 Å². The zero-order valence-corrected chi connectivity index (χ0v) is 14.5. The number of benzene rings is 1. The van der Waals surface area contributed by atoms with Gasteiger partial charge in [0.1, 0.15) is 0 Å². The first-order valence-corrected chi connectivity index (χ1v) is 8.18. The van der Waals surface area contributed by atoms with Crippen LogP contribution in [0.15, 0.2) is 61.1 Å². The zero-order valence-electron chi connectivity index (χ0n) is 14.5. The summed E-state index contributed by atoms with van der Waals surface area (Å²) in [5.74, 6) is -0.180. The predicted octanol–water partition coefficient (Wildman–Crippen LogP) is 3.53. The van der Waals surface area contributed by atoms with Crippen molar-refractivity contribution in [2.75, 3.05) is 11.9 Å². The number of amides is 2. The Balaban J connectivity index is 1.46. The summed E-state index contributed by atoms with van der Waals surface area (Å²) in [5.41, 5.74) is 2.11.